The van der Waals surface area contributed by atoms with Crippen LogP contribution in [0.25, 0.3) is 11.1 Å². The highest BCUT2D eigenvalue weighted by atomic mass is 32.2. The van der Waals surface area contributed by atoms with E-state index in [2.05, 4.69) is 4.72 Å². The second-order valence-electron chi connectivity index (χ2n) is 4.23. The first-order valence-corrected chi connectivity index (χ1v) is 6.83. The van der Waals surface area contributed by atoms with E-state index in [1.165, 1.54) is 24.3 Å². The zero-order chi connectivity index (χ0) is 15.6. The molecule has 0 aliphatic heterocycles. The van der Waals surface area contributed by atoms with Gasteiger partial charge in [0, 0.05) is 11.4 Å². The number of alkyl halides is 3. The van der Waals surface area contributed by atoms with E-state index in [-0.39, 0.29) is 5.69 Å². The van der Waals surface area contributed by atoms with Crippen LogP contribution in [0.2, 0.25) is 0 Å². The van der Waals surface area contributed by atoms with E-state index in [0.717, 1.165) is 6.07 Å². The molecule has 8 heteroatoms. The molecule has 0 amide bonds. The van der Waals surface area contributed by atoms with Crippen LogP contribution in [0.1, 0.15) is 5.56 Å². The summed E-state index contributed by atoms with van der Waals surface area (Å²) in [5.74, 6) is 0. The number of halogens is 3. The van der Waals surface area contributed by atoms with Gasteiger partial charge < -0.3 is 5.73 Å². The van der Waals surface area contributed by atoms with Crippen molar-refractivity contribution >= 4 is 22.6 Å². The Bertz CT molecular complexity index is 672. The van der Waals surface area contributed by atoms with Crippen LogP contribution in [-0.4, -0.2) is 8.76 Å². The summed E-state index contributed by atoms with van der Waals surface area (Å²) in [5, 5.41) is 0. The van der Waals surface area contributed by atoms with E-state index >= 15 is 0 Å². The Morgan fingerprint density at radius 2 is 1.62 bits per heavy atom. The van der Waals surface area contributed by atoms with Crippen molar-refractivity contribution < 1.29 is 21.9 Å². The number of benzene rings is 2. The molecule has 0 aromatic heterocycles. The second kappa shape index (κ2) is 5.74. The van der Waals surface area contributed by atoms with Crippen LogP contribution in [-0.2, 0) is 17.4 Å². The van der Waals surface area contributed by atoms with Crippen LogP contribution in [0.4, 0.5) is 24.5 Å². The minimum atomic E-state index is -4.48. The van der Waals surface area contributed by atoms with Crippen LogP contribution >= 0.6 is 0 Å². The lowest BCUT2D eigenvalue weighted by Gasteiger charge is -2.11. The van der Waals surface area contributed by atoms with Crippen molar-refractivity contribution in [3.63, 3.8) is 0 Å². The quantitative estimate of drug-likeness (QED) is 0.599. The molecule has 1 atom stereocenters. The van der Waals surface area contributed by atoms with Gasteiger partial charge in [-0.1, -0.05) is 18.2 Å². The van der Waals surface area contributed by atoms with Gasteiger partial charge in [0.15, 0.2) is 0 Å². The van der Waals surface area contributed by atoms with Crippen molar-refractivity contribution in [2.24, 2.45) is 0 Å². The van der Waals surface area contributed by atoms with E-state index in [1.807, 2.05) is 0 Å². The maximum Gasteiger partial charge on any atom is 0.418 e. The molecule has 0 fully saturated rings. The van der Waals surface area contributed by atoms with Gasteiger partial charge in [0.2, 0.25) is 0 Å². The van der Waals surface area contributed by atoms with Gasteiger partial charge in [-0.05, 0) is 35.4 Å². The number of nitrogens with one attached hydrogen (secondary N) is 1. The first kappa shape index (κ1) is 15.3. The number of anilines is 2. The van der Waals surface area contributed by atoms with Crippen molar-refractivity contribution in [1.29, 1.82) is 0 Å². The summed E-state index contributed by atoms with van der Waals surface area (Å²) in [6, 6.07) is 9.80. The number of hydrogen-bond acceptors (Lipinski definition) is 2. The van der Waals surface area contributed by atoms with Gasteiger partial charge in [-0.25, -0.2) is 4.21 Å². The van der Waals surface area contributed by atoms with Gasteiger partial charge in [0.25, 0.3) is 11.3 Å². The molecule has 21 heavy (non-hydrogen) atoms. The SMILES string of the molecule is Nc1cc(-c2ccc(NS(=O)O)cc2)ccc1C(F)(F)F. The van der Waals surface area contributed by atoms with Crippen molar-refractivity contribution in [3.05, 3.63) is 48.0 Å². The average Bonchev–Trinajstić information content (AvgIpc) is 2.37. The molecule has 0 heterocycles. The highest BCUT2D eigenvalue weighted by Crippen LogP contribution is 2.35. The molecule has 0 radical (unpaired) electrons. The van der Waals surface area contributed by atoms with E-state index in [9.17, 15) is 17.4 Å². The first-order valence-electron chi connectivity index (χ1n) is 5.72. The van der Waals surface area contributed by atoms with Gasteiger partial charge in [0.05, 0.1) is 5.56 Å². The van der Waals surface area contributed by atoms with Crippen molar-refractivity contribution in [3.8, 4) is 11.1 Å². The molecule has 0 saturated heterocycles. The first-order chi connectivity index (χ1) is 9.77. The molecule has 4 nitrogen and oxygen atoms in total. The fraction of sp³-hybridized carbons (Fsp3) is 0.0769. The maximum atomic E-state index is 12.6. The summed E-state index contributed by atoms with van der Waals surface area (Å²) in [7, 11) is 0. The van der Waals surface area contributed by atoms with Crippen LogP contribution in [0.5, 0.6) is 0 Å². The Hall–Kier alpha value is -2.06. The van der Waals surface area contributed by atoms with Gasteiger partial charge in [-0.3, -0.25) is 9.27 Å². The van der Waals surface area contributed by atoms with Gasteiger partial charge in [-0.2, -0.15) is 13.2 Å². The van der Waals surface area contributed by atoms with Crippen LogP contribution < -0.4 is 10.5 Å². The van der Waals surface area contributed by atoms with Crippen LogP contribution in [0.15, 0.2) is 42.5 Å². The summed E-state index contributed by atoms with van der Waals surface area (Å²) < 4.78 is 59.4. The molecule has 0 spiro atoms. The lowest BCUT2D eigenvalue weighted by Crippen LogP contribution is -2.08. The smallest absolute Gasteiger partial charge is 0.398 e. The lowest BCUT2D eigenvalue weighted by molar-refractivity contribution is -0.136. The molecule has 2 aromatic rings. The Morgan fingerprint density at radius 3 is 2.10 bits per heavy atom. The Balaban J connectivity index is 2.30. The molecule has 0 aliphatic rings. The molecular weight excluding hydrogens is 305 g/mol. The Kier molecular flexibility index (Phi) is 4.19. The van der Waals surface area contributed by atoms with E-state index in [4.69, 9.17) is 10.3 Å². The molecule has 0 saturated carbocycles. The van der Waals surface area contributed by atoms with Crippen LogP contribution in [0.3, 0.4) is 0 Å². The summed E-state index contributed by atoms with van der Waals surface area (Å²) in [5.41, 5.74) is 5.80. The monoisotopic (exact) mass is 316 g/mol. The van der Waals surface area contributed by atoms with Gasteiger partial charge in [0.1, 0.15) is 0 Å². The minimum absolute atomic E-state index is 0.348. The molecule has 2 aromatic carbocycles. The van der Waals surface area contributed by atoms with E-state index in [1.54, 1.807) is 12.1 Å². The Morgan fingerprint density at radius 1 is 1.05 bits per heavy atom. The average molecular weight is 316 g/mol. The minimum Gasteiger partial charge on any atom is -0.398 e. The van der Waals surface area contributed by atoms with Crippen LogP contribution in [0, 0.1) is 0 Å². The van der Waals surface area contributed by atoms with Crippen molar-refractivity contribution in [2.45, 2.75) is 6.18 Å². The zero-order valence-corrected chi connectivity index (χ0v) is 11.3. The number of nitrogen functional groups attached to an aromatic ring is 1. The fourth-order valence-corrected chi connectivity index (χ4v) is 2.17. The third-order valence-corrected chi connectivity index (χ3v) is 3.19. The standard InChI is InChI=1S/C13H11F3N2O2S/c14-13(15,16)11-6-3-9(7-12(11)17)8-1-4-10(5-2-8)18-21(19)20/h1-7,18H,17H2,(H,19,20). The molecule has 112 valence electrons. The third kappa shape index (κ3) is 3.73. The molecule has 0 aliphatic carbocycles. The second-order valence-corrected chi connectivity index (χ2v) is 4.93. The highest BCUT2D eigenvalue weighted by Gasteiger charge is 2.32. The zero-order valence-electron chi connectivity index (χ0n) is 10.5. The third-order valence-electron chi connectivity index (χ3n) is 2.78. The molecule has 0 bridgehead atoms. The van der Waals surface area contributed by atoms with E-state index < -0.39 is 23.0 Å². The molecule has 2 rings (SSSR count). The summed E-state index contributed by atoms with van der Waals surface area (Å²) >= 11 is -2.18. The van der Waals surface area contributed by atoms with Gasteiger partial charge in [-0.15, -0.1) is 0 Å². The van der Waals surface area contributed by atoms with Crippen molar-refractivity contribution in [1.82, 2.24) is 0 Å². The molecular formula is C13H11F3N2O2S. The normalized spacial score (nSPS) is 13.0. The van der Waals surface area contributed by atoms with Gasteiger partial charge >= 0.3 is 6.18 Å². The number of nitrogens with two attached hydrogens (primary N) is 1. The highest BCUT2D eigenvalue weighted by molar-refractivity contribution is 7.80. The fourth-order valence-electron chi connectivity index (χ4n) is 1.83. The summed E-state index contributed by atoms with van der Waals surface area (Å²) in [6.07, 6.45) is -4.48. The topological polar surface area (TPSA) is 75.3 Å². The Labute approximate surface area is 121 Å². The molecule has 1 unspecified atom stereocenters. The maximum absolute atomic E-state index is 12.6. The molecule has 4 N–H and O–H groups in total. The predicted octanol–water partition coefficient (Wildman–Crippen LogP) is 3.50. The number of rotatable bonds is 3. The van der Waals surface area contributed by atoms with Crippen molar-refractivity contribution in [2.75, 3.05) is 10.5 Å². The van der Waals surface area contributed by atoms with E-state index in [0.29, 0.717) is 16.8 Å². The summed E-state index contributed by atoms with van der Waals surface area (Å²) in [6.45, 7) is 0. The predicted molar refractivity (Wildman–Crippen MR) is 75.7 cm³/mol. The lowest BCUT2D eigenvalue weighted by atomic mass is 10.0. The summed E-state index contributed by atoms with van der Waals surface area (Å²) in [4.78, 5) is 0. The number of hydrogen-bond donors (Lipinski definition) is 3. The largest absolute Gasteiger partial charge is 0.418 e.